The van der Waals surface area contributed by atoms with E-state index in [4.69, 9.17) is 16.3 Å². The molecule has 0 aliphatic carbocycles. The van der Waals surface area contributed by atoms with Gasteiger partial charge in [-0.15, -0.1) is 0 Å². The SMILES string of the molecule is Cc1ccc(Cl)cc1S(=O)(=O)N[C@@H](C)C(=O)OC(C)(C)C. The number of sulfonamides is 1. The molecule has 1 aromatic rings. The van der Waals surface area contributed by atoms with Crippen LogP contribution in [0.1, 0.15) is 33.3 Å². The van der Waals surface area contributed by atoms with Gasteiger partial charge in [-0.05, 0) is 52.3 Å². The zero-order chi connectivity index (χ0) is 16.4. The minimum Gasteiger partial charge on any atom is -0.459 e. The minimum atomic E-state index is -3.85. The van der Waals surface area contributed by atoms with Crippen molar-refractivity contribution in [1.29, 1.82) is 0 Å². The number of carbonyl (C=O) groups is 1. The fourth-order valence-corrected chi connectivity index (χ4v) is 3.30. The summed E-state index contributed by atoms with van der Waals surface area (Å²) in [7, 11) is -3.85. The topological polar surface area (TPSA) is 72.5 Å². The quantitative estimate of drug-likeness (QED) is 0.860. The largest absolute Gasteiger partial charge is 0.459 e. The predicted octanol–water partition coefficient (Wildman–Crippen LogP) is 2.66. The third kappa shape index (κ3) is 5.30. The lowest BCUT2D eigenvalue weighted by molar-refractivity contribution is -0.156. The lowest BCUT2D eigenvalue weighted by Crippen LogP contribution is -2.42. The van der Waals surface area contributed by atoms with E-state index in [0.717, 1.165) is 0 Å². The lowest BCUT2D eigenvalue weighted by atomic mass is 10.2. The van der Waals surface area contributed by atoms with E-state index in [2.05, 4.69) is 4.72 Å². The first kappa shape index (κ1) is 17.9. The molecule has 0 fully saturated rings. The van der Waals surface area contributed by atoms with Crippen molar-refractivity contribution in [1.82, 2.24) is 4.72 Å². The van der Waals surface area contributed by atoms with Crippen molar-refractivity contribution in [2.75, 3.05) is 0 Å². The monoisotopic (exact) mass is 333 g/mol. The average Bonchev–Trinajstić information content (AvgIpc) is 2.29. The molecule has 0 unspecified atom stereocenters. The normalized spacial score (nSPS) is 13.8. The van der Waals surface area contributed by atoms with Gasteiger partial charge < -0.3 is 4.74 Å². The molecule has 0 aromatic heterocycles. The lowest BCUT2D eigenvalue weighted by Gasteiger charge is -2.22. The van der Waals surface area contributed by atoms with Gasteiger partial charge in [0, 0.05) is 5.02 Å². The number of rotatable bonds is 4. The molecule has 0 saturated heterocycles. The van der Waals surface area contributed by atoms with Crippen molar-refractivity contribution in [3.8, 4) is 0 Å². The number of carbonyl (C=O) groups excluding carboxylic acids is 1. The van der Waals surface area contributed by atoms with E-state index < -0.39 is 27.6 Å². The first-order valence-corrected chi connectivity index (χ1v) is 8.30. The summed E-state index contributed by atoms with van der Waals surface area (Å²) in [6, 6.07) is 3.57. The molecule has 0 radical (unpaired) electrons. The van der Waals surface area contributed by atoms with Gasteiger partial charge in [0.15, 0.2) is 0 Å². The maximum atomic E-state index is 12.3. The molecule has 0 aliphatic rings. The van der Waals surface area contributed by atoms with Crippen LogP contribution >= 0.6 is 11.6 Å². The molecule has 21 heavy (non-hydrogen) atoms. The van der Waals surface area contributed by atoms with Crippen LogP contribution in [0.2, 0.25) is 5.02 Å². The van der Waals surface area contributed by atoms with Crippen molar-refractivity contribution in [2.45, 2.75) is 51.2 Å². The highest BCUT2D eigenvalue weighted by Crippen LogP contribution is 2.20. The first-order valence-electron chi connectivity index (χ1n) is 6.44. The molecule has 1 atom stereocenters. The van der Waals surface area contributed by atoms with E-state index in [1.165, 1.54) is 13.0 Å². The molecule has 0 heterocycles. The van der Waals surface area contributed by atoms with Crippen LogP contribution in [0.25, 0.3) is 0 Å². The molecule has 0 saturated carbocycles. The summed E-state index contributed by atoms with van der Waals surface area (Å²) in [6.45, 7) is 8.24. The summed E-state index contributed by atoms with van der Waals surface area (Å²) in [5.74, 6) is -0.634. The van der Waals surface area contributed by atoms with Crippen molar-refractivity contribution >= 4 is 27.6 Å². The first-order chi connectivity index (χ1) is 9.42. The highest BCUT2D eigenvalue weighted by molar-refractivity contribution is 7.89. The van der Waals surface area contributed by atoms with E-state index in [9.17, 15) is 13.2 Å². The second kappa shape index (κ2) is 6.34. The Morgan fingerprint density at radius 3 is 2.43 bits per heavy atom. The van der Waals surface area contributed by atoms with Crippen LogP contribution in [0.3, 0.4) is 0 Å². The molecule has 1 rings (SSSR count). The van der Waals surface area contributed by atoms with Crippen molar-refractivity contribution in [3.05, 3.63) is 28.8 Å². The number of nitrogens with one attached hydrogen (secondary N) is 1. The highest BCUT2D eigenvalue weighted by atomic mass is 35.5. The van der Waals surface area contributed by atoms with Crippen LogP contribution < -0.4 is 4.72 Å². The number of halogens is 1. The van der Waals surface area contributed by atoms with Gasteiger partial charge in [-0.25, -0.2) is 8.42 Å². The van der Waals surface area contributed by atoms with Crippen LogP contribution in [0, 0.1) is 6.92 Å². The van der Waals surface area contributed by atoms with Gasteiger partial charge in [-0.3, -0.25) is 4.79 Å². The fraction of sp³-hybridized carbons (Fsp3) is 0.500. The Balaban J connectivity index is 2.95. The van der Waals surface area contributed by atoms with Gasteiger partial charge in [0.2, 0.25) is 10.0 Å². The molecule has 1 N–H and O–H groups in total. The van der Waals surface area contributed by atoms with Crippen molar-refractivity contribution in [2.24, 2.45) is 0 Å². The molecule has 7 heteroatoms. The molecule has 0 spiro atoms. The molecule has 0 amide bonds. The molecule has 118 valence electrons. The summed E-state index contributed by atoms with van der Waals surface area (Å²) in [6.07, 6.45) is 0. The van der Waals surface area contributed by atoms with Gasteiger partial charge in [0.1, 0.15) is 11.6 Å². The van der Waals surface area contributed by atoms with E-state index in [0.29, 0.717) is 10.6 Å². The molecular weight excluding hydrogens is 314 g/mol. The summed E-state index contributed by atoms with van der Waals surface area (Å²) >= 11 is 5.83. The van der Waals surface area contributed by atoms with Crippen LogP contribution in [0.5, 0.6) is 0 Å². The number of hydrogen-bond acceptors (Lipinski definition) is 4. The number of hydrogen-bond donors (Lipinski definition) is 1. The van der Waals surface area contributed by atoms with Crippen LogP contribution in [0.4, 0.5) is 0 Å². The minimum absolute atomic E-state index is 0.0467. The van der Waals surface area contributed by atoms with Crippen LogP contribution in [-0.2, 0) is 19.6 Å². The third-order valence-corrected chi connectivity index (χ3v) is 4.45. The number of ether oxygens (including phenoxy) is 1. The molecule has 0 bridgehead atoms. The van der Waals surface area contributed by atoms with Crippen molar-refractivity contribution in [3.63, 3.8) is 0 Å². The Morgan fingerprint density at radius 2 is 1.90 bits per heavy atom. The molecule has 0 aliphatic heterocycles. The second-order valence-corrected chi connectivity index (χ2v) is 7.91. The molecular formula is C14H20ClNO4S. The van der Waals surface area contributed by atoms with E-state index in [1.54, 1.807) is 39.8 Å². The Kier molecular flexibility index (Phi) is 5.41. The Hall–Kier alpha value is -1.11. The van der Waals surface area contributed by atoms with E-state index in [-0.39, 0.29) is 4.90 Å². The zero-order valence-corrected chi connectivity index (χ0v) is 14.3. The number of esters is 1. The van der Waals surface area contributed by atoms with Gasteiger partial charge in [0.05, 0.1) is 4.90 Å². The van der Waals surface area contributed by atoms with E-state index in [1.807, 2.05) is 0 Å². The molecule has 5 nitrogen and oxygen atoms in total. The summed E-state index contributed by atoms with van der Waals surface area (Å²) in [5.41, 5.74) is -0.133. The van der Waals surface area contributed by atoms with Crippen LogP contribution in [-0.4, -0.2) is 26.0 Å². The maximum absolute atomic E-state index is 12.3. The van der Waals surface area contributed by atoms with Gasteiger partial charge in [0.25, 0.3) is 0 Å². The van der Waals surface area contributed by atoms with Gasteiger partial charge >= 0.3 is 5.97 Å². The number of benzene rings is 1. The van der Waals surface area contributed by atoms with Crippen molar-refractivity contribution < 1.29 is 17.9 Å². The zero-order valence-electron chi connectivity index (χ0n) is 12.7. The van der Waals surface area contributed by atoms with E-state index >= 15 is 0 Å². The summed E-state index contributed by atoms with van der Waals surface area (Å²) in [5, 5.41) is 0.311. The molecule has 1 aromatic carbocycles. The van der Waals surface area contributed by atoms with Gasteiger partial charge in [-0.2, -0.15) is 4.72 Å². The average molecular weight is 334 g/mol. The fourth-order valence-electron chi connectivity index (χ4n) is 1.60. The number of aryl methyl sites for hydroxylation is 1. The standard InChI is InChI=1S/C14H20ClNO4S/c1-9-6-7-11(15)8-12(9)21(18,19)16-10(2)13(17)20-14(3,4)5/h6-8,10,16H,1-5H3/t10-/m0/s1. The summed E-state index contributed by atoms with van der Waals surface area (Å²) in [4.78, 5) is 11.9. The highest BCUT2D eigenvalue weighted by Gasteiger charge is 2.27. The van der Waals surface area contributed by atoms with Crippen LogP contribution in [0.15, 0.2) is 23.1 Å². The predicted molar refractivity (Wildman–Crippen MR) is 81.8 cm³/mol. The Bertz CT molecular complexity index is 635. The smallest absolute Gasteiger partial charge is 0.324 e. The Labute approximate surface area is 130 Å². The van der Waals surface area contributed by atoms with Gasteiger partial charge in [-0.1, -0.05) is 17.7 Å². The maximum Gasteiger partial charge on any atom is 0.324 e. The summed E-state index contributed by atoms with van der Waals surface area (Å²) < 4.78 is 32.1. The Morgan fingerprint density at radius 1 is 1.33 bits per heavy atom. The third-order valence-electron chi connectivity index (χ3n) is 2.53. The second-order valence-electron chi connectivity index (χ2n) is 5.79.